The lowest BCUT2D eigenvalue weighted by atomic mass is 9.99. The monoisotopic (exact) mass is 442 g/mol. The van der Waals surface area contributed by atoms with Crippen molar-refractivity contribution in [2.45, 2.75) is 12.3 Å². The van der Waals surface area contributed by atoms with Crippen molar-refractivity contribution in [1.29, 1.82) is 0 Å². The molecule has 6 nitrogen and oxygen atoms in total. The first-order valence-corrected chi connectivity index (χ1v) is 11.3. The highest BCUT2D eigenvalue weighted by atomic mass is 32.1. The molecule has 0 radical (unpaired) electrons. The summed E-state index contributed by atoms with van der Waals surface area (Å²) in [6.07, 6.45) is 1.11. The molecule has 0 amide bonds. The Bertz CT molecular complexity index is 1330. The van der Waals surface area contributed by atoms with Crippen molar-refractivity contribution in [3.8, 4) is 11.5 Å². The van der Waals surface area contributed by atoms with Crippen LogP contribution in [0.15, 0.2) is 60.7 Å². The highest BCUT2D eigenvalue weighted by Crippen LogP contribution is 2.34. The van der Waals surface area contributed by atoms with Gasteiger partial charge < -0.3 is 19.7 Å². The van der Waals surface area contributed by atoms with Crippen molar-refractivity contribution < 1.29 is 9.47 Å². The van der Waals surface area contributed by atoms with Gasteiger partial charge in [0.1, 0.15) is 13.2 Å². The molecule has 3 aromatic carbocycles. The van der Waals surface area contributed by atoms with Crippen LogP contribution in [0, 0.1) is 0 Å². The van der Waals surface area contributed by atoms with Crippen LogP contribution in [0.25, 0.3) is 22.1 Å². The lowest BCUT2D eigenvalue weighted by Crippen LogP contribution is -2.32. The largest absolute Gasteiger partial charge is 0.486 e. The first kappa shape index (κ1) is 19.3. The number of hydrogen-bond acceptors (Lipinski definition) is 5. The lowest BCUT2D eigenvalue weighted by Gasteiger charge is -2.21. The second-order valence-electron chi connectivity index (χ2n) is 8.18. The lowest BCUT2D eigenvalue weighted by molar-refractivity contribution is 0.172. The van der Waals surface area contributed by atoms with Crippen LogP contribution in [0.5, 0.6) is 11.5 Å². The van der Waals surface area contributed by atoms with E-state index in [1.807, 2.05) is 30.3 Å². The highest BCUT2D eigenvalue weighted by molar-refractivity contribution is 7.80. The molecule has 0 spiro atoms. The average molecular weight is 443 g/mol. The van der Waals surface area contributed by atoms with Crippen molar-refractivity contribution in [3.05, 3.63) is 66.2 Å². The van der Waals surface area contributed by atoms with E-state index in [9.17, 15) is 0 Å². The number of aromatic nitrogens is 2. The number of thiocarbonyl (C=S) groups is 1. The molecule has 0 saturated carbocycles. The number of rotatable bonds is 2. The van der Waals surface area contributed by atoms with E-state index in [4.69, 9.17) is 31.7 Å². The Labute approximate surface area is 191 Å². The Morgan fingerprint density at radius 2 is 1.56 bits per heavy atom. The summed E-state index contributed by atoms with van der Waals surface area (Å²) in [5.41, 5.74) is 5.51. The molecule has 2 aliphatic rings. The van der Waals surface area contributed by atoms with Crippen LogP contribution in [0.2, 0.25) is 0 Å². The molecule has 4 aromatic rings. The maximum Gasteiger partial charge on any atom is 0.173 e. The first-order valence-electron chi connectivity index (χ1n) is 10.8. The maximum atomic E-state index is 5.71. The molecular formula is C25H22N4O2S. The SMILES string of the molecule is S=C(Nc1ccc2nc3cc4c(cc3nc2c1)OCCO4)N1CC[C@H](c2ccccc2)C1. The summed E-state index contributed by atoms with van der Waals surface area (Å²) in [6, 6.07) is 20.4. The number of hydrogen-bond donors (Lipinski definition) is 1. The standard InChI is InChI=1S/C25H22N4O2S/c32-25(29-9-8-17(15-29)16-4-2-1-3-5-16)26-18-6-7-19-20(12-18)28-22-14-24-23(13-21(22)27-19)30-10-11-31-24/h1-7,12-14,17H,8-11,15H2,(H,26,32)/t17-/m0/s1. The van der Waals surface area contributed by atoms with Crippen LogP contribution in [0.4, 0.5) is 5.69 Å². The minimum Gasteiger partial charge on any atom is -0.486 e. The van der Waals surface area contributed by atoms with E-state index in [1.54, 1.807) is 0 Å². The van der Waals surface area contributed by atoms with Gasteiger partial charge in [-0.15, -0.1) is 0 Å². The zero-order chi connectivity index (χ0) is 21.5. The normalized spacial score (nSPS) is 17.6. The molecular weight excluding hydrogens is 420 g/mol. The molecule has 3 heterocycles. The van der Waals surface area contributed by atoms with E-state index in [0.717, 1.165) is 63.9 Å². The van der Waals surface area contributed by atoms with Crippen molar-refractivity contribution in [2.75, 3.05) is 31.6 Å². The minimum atomic E-state index is 0.516. The quantitative estimate of drug-likeness (QED) is 0.355. The molecule has 1 fully saturated rings. The van der Waals surface area contributed by atoms with Gasteiger partial charge in [-0.05, 0) is 42.4 Å². The Morgan fingerprint density at radius 3 is 2.31 bits per heavy atom. The third-order valence-corrected chi connectivity index (χ3v) is 6.45. The summed E-state index contributed by atoms with van der Waals surface area (Å²) >= 11 is 5.71. The summed E-state index contributed by atoms with van der Waals surface area (Å²) in [5, 5.41) is 4.14. The third-order valence-electron chi connectivity index (χ3n) is 6.09. The van der Waals surface area contributed by atoms with E-state index in [1.165, 1.54) is 5.56 Å². The van der Waals surface area contributed by atoms with Crippen LogP contribution in [0.1, 0.15) is 17.9 Å². The fourth-order valence-corrected chi connectivity index (χ4v) is 4.72. The second-order valence-corrected chi connectivity index (χ2v) is 8.57. The molecule has 160 valence electrons. The third kappa shape index (κ3) is 3.58. The van der Waals surface area contributed by atoms with Crippen molar-refractivity contribution >= 4 is 45.1 Å². The fourth-order valence-electron chi connectivity index (χ4n) is 4.44. The van der Waals surface area contributed by atoms with Gasteiger partial charge in [0.05, 0.1) is 22.1 Å². The molecule has 0 unspecified atom stereocenters. The smallest absolute Gasteiger partial charge is 0.173 e. The number of nitrogens with one attached hydrogen (secondary N) is 1. The van der Waals surface area contributed by atoms with Gasteiger partial charge in [-0.3, -0.25) is 0 Å². The minimum absolute atomic E-state index is 0.516. The number of benzene rings is 3. The zero-order valence-electron chi connectivity index (χ0n) is 17.5. The van der Waals surface area contributed by atoms with Crippen molar-refractivity contribution in [3.63, 3.8) is 0 Å². The molecule has 6 rings (SSSR count). The predicted octanol–water partition coefficient (Wildman–Crippen LogP) is 4.74. The summed E-state index contributed by atoms with van der Waals surface area (Å²) < 4.78 is 11.4. The summed E-state index contributed by atoms with van der Waals surface area (Å²) in [4.78, 5) is 11.8. The molecule has 7 heteroatoms. The van der Waals surface area contributed by atoms with Crippen LogP contribution in [0.3, 0.4) is 0 Å². The van der Waals surface area contributed by atoms with Crippen LogP contribution >= 0.6 is 12.2 Å². The molecule has 1 N–H and O–H groups in total. The number of ether oxygens (including phenoxy) is 2. The van der Waals surface area contributed by atoms with Gasteiger partial charge in [0.25, 0.3) is 0 Å². The molecule has 0 aliphatic carbocycles. The topological polar surface area (TPSA) is 59.5 Å². The average Bonchev–Trinajstić information content (AvgIpc) is 3.33. The second kappa shape index (κ2) is 7.91. The molecule has 2 aliphatic heterocycles. The fraction of sp³-hybridized carbons (Fsp3) is 0.240. The Hall–Kier alpha value is -3.45. The summed E-state index contributed by atoms with van der Waals surface area (Å²) in [5.74, 6) is 1.96. The van der Waals surface area contributed by atoms with E-state index < -0.39 is 0 Å². The number of likely N-dealkylation sites (tertiary alicyclic amines) is 1. The predicted molar refractivity (Wildman–Crippen MR) is 130 cm³/mol. The van der Waals surface area contributed by atoms with Crippen LogP contribution < -0.4 is 14.8 Å². The molecule has 1 aromatic heterocycles. The van der Waals surface area contributed by atoms with Gasteiger partial charge >= 0.3 is 0 Å². The summed E-state index contributed by atoms with van der Waals surface area (Å²) in [6.45, 7) is 2.99. The Balaban J connectivity index is 1.22. The van der Waals surface area contributed by atoms with Gasteiger partial charge in [0, 0.05) is 36.8 Å². The van der Waals surface area contributed by atoms with Crippen LogP contribution in [-0.4, -0.2) is 46.3 Å². The van der Waals surface area contributed by atoms with E-state index in [0.29, 0.717) is 19.1 Å². The van der Waals surface area contributed by atoms with Gasteiger partial charge in [-0.2, -0.15) is 0 Å². The molecule has 1 atom stereocenters. The Morgan fingerprint density at radius 1 is 0.875 bits per heavy atom. The van der Waals surface area contributed by atoms with E-state index >= 15 is 0 Å². The summed E-state index contributed by atoms with van der Waals surface area (Å²) in [7, 11) is 0. The number of fused-ring (bicyclic) bond motifs is 3. The van der Waals surface area contributed by atoms with E-state index in [2.05, 4.69) is 40.5 Å². The van der Waals surface area contributed by atoms with Gasteiger partial charge in [0.15, 0.2) is 16.6 Å². The van der Waals surface area contributed by atoms with E-state index in [-0.39, 0.29) is 0 Å². The zero-order valence-corrected chi connectivity index (χ0v) is 18.3. The number of anilines is 1. The van der Waals surface area contributed by atoms with Crippen molar-refractivity contribution in [2.24, 2.45) is 0 Å². The molecule has 1 saturated heterocycles. The number of nitrogens with zero attached hydrogens (tertiary/aromatic N) is 3. The molecule has 0 bridgehead atoms. The Kier molecular flexibility index (Phi) is 4.76. The highest BCUT2D eigenvalue weighted by Gasteiger charge is 2.25. The van der Waals surface area contributed by atoms with Crippen molar-refractivity contribution in [1.82, 2.24) is 14.9 Å². The maximum absolute atomic E-state index is 5.71. The first-order chi connectivity index (χ1) is 15.7. The van der Waals surface area contributed by atoms with Crippen LogP contribution in [-0.2, 0) is 0 Å². The van der Waals surface area contributed by atoms with Gasteiger partial charge in [-0.1, -0.05) is 30.3 Å². The van der Waals surface area contributed by atoms with Gasteiger partial charge in [-0.25, -0.2) is 9.97 Å². The molecule has 32 heavy (non-hydrogen) atoms. The van der Waals surface area contributed by atoms with Gasteiger partial charge in [0.2, 0.25) is 0 Å².